The predicted molar refractivity (Wildman–Crippen MR) is 131 cm³/mol. The van der Waals surface area contributed by atoms with Crippen LogP contribution in [0.3, 0.4) is 0 Å². The van der Waals surface area contributed by atoms with Gasteiger partial charge in [-0.15, -0.1) is 16.4 Å². The molecule has 1 fully saturated rings. The van der Waals surface area contributed by atoms with Gasteiger partial charge in [0.1, 0.15) is 0 Å². The predicted octanol–water partition coefficient (Wildman–Crippen LogP) is 4.34. The van der Waals surface area contributed by atoms with Gasteiger partial charge in [-0.25, -0.2) is 9.69 Å². The summed E-state index contributed by atoms with van der Waals surface area (Å²) in [7, 11) is 3.22. The number of amides is 1. The number of rotatable bonds is 8. The molecule has 0 unspecified atom stereocenters. The van der Waals surface area contributed by atoms with E-state index < -0.39 is 0 Å². The second-order valence-corrected chi connectivity index (χ2v) is 10.1. The number of methoxy groups -OCH3 is 2. The number of thiophene rings is 1. The highest BCUT2D eigenvalue weighted by Gasteiger charge is 2.34. The molecule has 1 amide bonds. The third kappa shape index (κ3) is 4.54. The Morgan fingerprint density at radius 3 is 2.74 bits per heavy atom. The van der Waals surface area contributed by atoms with Crippen LogP contribution in [0.15, 0.2) is 46.0 Å². The molecule has 0 bridgehead atoms. The van der Waals surface area contributed by atoms with E-state index >= 15 is 0 Å². The van der Waals surface area contributed by atoms with E-state index in [1.807, 2.05) is 40.4 Å². The summed E-state index contributed by atoms with van der Waals surface area (Å²) in [5, 5.41) is 21.3. The fourth-order valence-corrected chi connectivity index (χ4v) is 6.02. The highest BCUT2D eigenvalue weighted by molar-refractivity contribution is 7.99. The number of nitrogens with zero attached hydrogens (tertiary/aromatic N) is 6. The fourth-order valence-electron chi connectivity index (χ4n) is 4.50. The molecule has 11 heteroatoms. The highest BCUT2D eigenvalue weighted by atomic mass is 32.2. The lowest BCUT2D eigenvalue weighted by Crippen LogP contribution is -2.28. The SMILES string of the molecule is COc1ccc([C@H]2CC(c3cccs3)=NN2C(=O)CSc2nnnn2C2CCCC2)cc1OC. The second-order valence-electron chi connectivity index (χ2n) is 8.23. The average molecular weight is 499 g/mol. The minimum absolute atomic E-state index is 0.0858. The van der Waals surface area contributed by atoms with E-state index in [2.05, 4.69) is 15.5 Å². The zero-order valence-corrected chi connectivity index (χ0v) is 20.7. The van der Waals surface area contributed by atoms with Crippen LogP contribution < -0.4 is 9.47 Å². The van der Waals surface area contributed by atoms with Gasteiger partial charge in [0.05, 0.1) is 42.6 Å². The Bertz CT molecular complexity index is 1170. The van der Waals surface area contributed by atoms with Gasteiger partial charge >= 0.3 is 0 Å². The molecule has 34 heavy (non-hydrogen) atoms. The number of aromatic nitrogens is 4. The Morgan fingerprint density at radius 1 is 1.18 bits per heavy atom. The van der Waals surface area contributed by atoms with Crippen molar-refractivity contribution in [2.45, 2.75) is 49.3 Å². The van der Waals surface area contributed by atoms with Crippen molar-refractivity contribution in [1.82, 2.24) is 25.2 Å². The van der Waals surface area contributed by atoms with Crippen LogP contribution in [0, 0.1) is 0 Å². The molecule has 178 valence electrons. The quantitative estimate of drug-likeness (QED) is 0.427. The molecule has 0 spiro atoms. The Balaban J connectivity index is 1.37. The van der Waals surface area contributed by atoms with Gasteiger partial charge in [-0.05, 0) is 52.4 Å². The number of hydrazone groups is 1. The molecule has 3 heterocycles. The van der Waals surface area contributed by atoms with E-state index in [9.17, 15) is 4.79 Å². The van der Waals surface area contributed by atoms with Crippen LogP contribution in [0.25, 0.3) is 0 Å². The van der Waals surface area contributed by atoms with Crippen LogP contribution in [0.4, 0.5) is 0 Å². The van der Waals surface area contributed by atoms with E-state index in [4.69, 9.17) is 14.6 Å². The monoisotopic (exact) mass is 498 g/mol. The summed E-state index contributed by atoms with van der Waals surface area (Å²) in [5.74, 6) is 1.40. The van der Waals surface area contributed by atoms with Gasteiger partial charge in [0.15, 0.2) is 11.5 Å². The van der Waals surface area contributed by atoms with Crippen molar-refractivity contribution in [2.24, 2.45) is 5.10 Å². The Labute approximate surface area is 206 Å². The van der Waals surface area contributed by atoms with Gasteiger partial charge in [0.2, 0.25) is 5.16 Å². The summed E-state index contributed by atoms with van der Waals surface area (Å²) in [5.41, 5.74) is 1.85. The summed E-state index contributed by atoms with van der Waals surface area (Å²) in [6, 6.07) is 9.88. The maximum Gasteiger partial charge on any atom is 0.253 e. The molecule has 1 saturated carbocycles. The third-order valence-corrected chi connectivity index (χ3v) is 8.06. The molecule has 1 aliphatic heterocycles. The molecule has 1 aliphatic carbocycles. The van der Waals surface area contributed by atoms with Gasteiger partial charge in [0.25, 0.3) is 5.91 Å². The number of hydrogen-bond acceptors (Lipinski definition) is 9. The molecule has 1 aromatic carbocycles. The van der Waals surface area contributed by atoms with Crippen LogP contribution in [-0.2, 0) is 4.79 Å². The lowest BCUT2D eigenvalue weighted by Gasteiger charge is -2.23. The largest absolute Gasteiger partial charge is 0.493 e. The number of ether oxygens (including phenoxy) is 2. The number of tetrazole rings is 1. The topological polar surface area (TPSA) is 94.7 Å². The van der Waals surface area contributed by atoms with E-state index in [1.54, 1.807) is 30.6 Å². The Hall–Kier alpha value is -2.92. The summed E-state index contributed by atoms with van der Waals surface area (Å²) < 4.78 is 12.8. The molecule has 0 saturated heterocycles. The Morgan fingerprint density at radius 2 is 2.00 bits per heavy atom. The van der Waals surface area contributed by atoms with Crippen LogP contribution in [0.2, 0.25) is 0 Å². The number of benzene rings is 1. The van der Waals surface area contributed by atoms with Crippen LogP contribution >= 0.6 is 23.1 Å². The first-order valence-electron chi connectivity index (χ1n) is 11.2. The summed E-state index contributed by atoms with van der Waals surface area (Å²) in [6.45, 7) is 0. The van der Waals surface area contributed by atoms with E-state index in [0.717, 1.165) is 29.0 Å². The normalized spacial score (nSPS) is 18.4. The van der Waals surface area contributed by atoms with Crippen LogP contribution in [-0.4, -0.2) is 56.8 Å². The minimum atomic E-state index is -0.226. The smallest absolute Gasteiger partial charge is 0.253 e. The van der Waals surface area contributed by atoms with Crippen molar-refractivity contribution in [3.05, 3.63) is 46.2 Å². The molecule has 1 atom stereocenters. The van der Waals surface area contributed by atoms with Crippen molar-refractivity contribution < 1.29 is 14.3 Å². The van der Waals surface area contributed by atoms with Gasteiger partial charge in [-0.1, -0.05) is 36.7 Å². The first kappa shape index (κ1) is 22.9. The first-order chi connectivity index (χ1) is 16.7. The Kier molecular flexibility index (Phi) is 6.82. The molecule has 3 aromatic rings. The van der Waals surface area contributed by atoms with Gasteiger partial charge in [-0.2, -0.15) is 5.10 Å². The van der Waals surface area contributed by atoms with E-state index in [0.29, 0.717) is 29.1 Å². The van der Waals surface area contributed by atoms with Crippen LogP contribution in [0.5, 0.6) is 11.5 Å². The fraction of sp³-hybridized carbons (Fsp3) is 0.435. The van der Waals surface area contributed by atoms with Crippen molar-refractivity contribution in [1.29, 1.82) is 0 Å². The van der Waals surface area contributed by atoms with Gasteiger partial charge in [-0.3, -0.25) is 4.79 Å². The molecule has 9 nitrogen and oxygen atoms in total. The summed E-state index contributed by atoms with van der Waals surface area (Å²) in [4.78, 5) is 14.5. The van der Waals surface area contributed by atoms with Gasteiger partial charge in [0, 0.05) is 6.42 Å². The first-order valence-corrected chi connectivity index (χ1v) is 13.1. The molecule has 5 rings (SSSR count). The number of hydrogen-bond donors (Lipinski definition) is 0. The molecule has 0 radical (unpaired) electrons. The molecular formula is C23H26N6O3S2. The standard InChI is InChI=1S/C23H26N6O3S2/c1-31-19-10-9-15(12-20(19)32-2)18-13-17(21-8-5-11-33-21)25-29(18)22(30)14-34-23-24-26-27-28(23)16-6-3-4-7-16/h5,8-12,16,18H,3-4,6-7,13-14H2,1-2H3/t18-/m1/s1. The summed E-state index contributed by atoms with van der Waals surface area (Å²) >= 11 is 2.99. The minimum Gasteiger partial charge on any atom is -0.493 e. The number of carbonyl (C=O) groups is 1. The molecule has 2 aromatic heterocycles. The second kappa shape index (κ2) is 10.1. The van der Waals surface area contributed by atoms with Crippen molar-refractivity contribution >= 4 is 34.7 Å². The molecule has 0 N–H and O–H groups in total. The third-order valence-electron chi connectivity index (χ3n) is 6.22. The van der Waals surface area contributed by atoms with Crippen molar-refractivity contribution in [3.63, 3.8) is 0 Å². The van der Waals surface area contributed by atoms with Crippen molar-refractivity contribution in [3.8, 4) is 11.5 Å². The zero-order valence-electron chi connectivity index (χ0n) is 19.1. The lowest BCUT2D eigenvalue weighted by atomic mass is 10.0. The maximum absolute atomic E-state index is 13.4. The number of thioether (sulfide) groups is 1. The zero-order chi connectivity index (χ0) is 23.5. The van der Waals surface area contributed by atoms with Gasteiger partial charge < -0.3 is 9.47 Å². The van der Waals surface area contributed by atoms with E-state index in [1.165, 1.54) is 24.6 Å². The average Bonchev–Trinajstić information content (AvgIpc) is 3.68. The van der Waals surface area contributed by atoms with Crippen LogP contribution in [0.1, 0.15) is 54.6 Å². The summed E-state index contributed by atoms with van der Waals surface area (Å²) in [6.07, 6.45) is 5.17. The molecule has 2 aliphatic rings. The highest BCUT2D eigenvalue weighted by Crippen LogP contribution is 2.38. The molecular weight excluding hydrogens is 472 g/mol. The number of carbonyl (C=O) groups excluding carboxylic acids is 1. The maximum atomic E-state index is 13.4. The lowest BCUT2D eigenvalue weighted by molar-refractivity contribution is -0.130. The van der Waals surface area contributed by atoms with Crippen molar-refractivity contribution in [2.75, 3.05) is 20.0 Å². The van der Waals surface area contributed by atoms with E-state index in [-0.39, 0.29) is 17.7 Å².